The maximum Gasteiger partial charge on any atom is 0.294 e. The van der Waals surface area contributed by atoms with Gasteiger partial charge in [-0.25, -0.2) is 0 Å². The van der Waals surface area contributed by atoms with E-state index in [1.54, 1.807) is 4.90 Å². The molecule has 1 amide bonds. The number of carbonyl (C=O) groups excluding carboxylic acids is 2. The first-order valence-corrected chi connectivity index (χ1v) is 10.8. The topological polar surface area (TPSA) is 57.6 Å². The van der Waals surface area contributed by atoms with Crippen LogP contribution in [-0.4, -0.2) is 16.8 Å². The van der Waals surface area contributed by atoms with Crippen LogP contribution in [0, 0.1) is 13.8 Å². The van der Waals surface area contributed by atoms with Gasteiger partial charge in [-0.2, -0.15) is 0 Å². The van der Waals surface area contributed by atoms with Gasteiger partial charge in [0.05, 0.1) is 5.57 Å². The van der Waals surface area contributed by atoms with Crippen LogP contribution in [0.4, 0.5) is 5.69 Å². The van der Waals surface area contributed by atoms with E-state index in [-0.39, 0.29) is 17.8 Å². The van der Waals surface area contributed by atoms with E-state index >= 15 is 0 Å². The molecule has 3 aromatic rings. The number of aliphatic hydroxyl groups is 1. The van der Waals surface area contributed by atoms with E-state index in [2.05, 4.69) is 0 Å². The first-order chi connectivity index (χ1) is 14.5. The van der Waals surface area contributed by atoms with Crippen molar-refractivity contribution in [3.8, 4) is 0 Å². The van der Waals surface area contributed by atoms with Gasteiger partial charge in [0.25, 0.3) is 5.91 Å². The number of carbonyl (C=O) groups is 2. The molecule has 5 heteroatoms. The van der Waals surface area contributed by atoms with Crippen LogP contribution in [0.5, 0.6) is 0 Å². The maximum absolute atomic E-state index is 13.3. The van der Waals surface area contributed by atoms with E-state index in [1.165, 1.54) is 11.3 Å². The molecule has 0 aliphatic carbocycles. The second-order valence-corrected chi connectivity index (χ2v) is 8.45. The monoisotopic (exact) mass is 417 g/mol. The quantitative estimate of drug-likeness (QED) is 0.579. The third-order valence-electron chi connectivity index (χ3n) is 5.52. The number of para-hydroxylation sites is 1. The molecule has 1 aliphatic heterocycles. The van der Waals surface area contributed by atoms with Gasteiger partial charge in [0, 0.05) is 17.0 Å². The van der Waals surface area contributed by atoms with E-state index in [0.717, 1.165) is 21.6 Å². The van der Waals surface area contributed by atoms with Crippen LogP contribution >= 0.6 is 11.3 Å². The van der Waals surface area contributed by atoms with Crippen molar-refractivity contribution in [3.63, 3.8) is 0 Å². The van der Waals surface area contributed by atoms with Gasteiger partial charge in [0.1, 0.15) is 6.04 Å². The number of ketones is 1. The van der Waals surface area contributed by atoms with E-state index in [9.17, 15) is 14.7 Å². The first kappa shape index (κ1) is 20.1. The Labute approximate surface area is 180 Å². The Balaban J connectivity index is 1.74. The van der Waals surface area contributed by atoms with Crippen LogP contribution in [0.2, 0.25) is 0 Å². The summed E-state index contributed by atoms with van der Waals surface area (Å²) in [5.74, 6) is -1.15. The Kier molecular flexibility index (Phi) is 5.55. The molecule has 2 aromatic carbocycles. The van der Waals surface area contributed by atoms with Crippen molar-refractivity contribution in [2.24, 2.45) is 0 Å². The van der Waals surface area contributed by atoms with Crippen LogP contribution in [-0.2, 0) is 16.0 Å². The highest BCUT2D eigenvalue weighted by molar-refractivity contribution is 7.10. The number of benzene rings is 2. The SMILES string of the molecule is Cc1ccccc1N1C(=O)C(O)=C(C(=O)CCc2ccccc2)C1c1sccc1C. The summed E-state index contributed by atoms with van der Waals surface area (Å²) >= 11 is 1.50. The lowest BCUT2D eigenvalue weighted by atomic mass is 9.95. The van der Waals surface area contributed by atoms with Crippen molar-refractivity contribution < 1.29 is 14.7 Å². The summed E-state index contributed by atoms with van der Waals surface area (Å²) in [5.41, 5.74) is 3.87. The molecule has 0 saturated heterocycles. The van der Waals surface area contributed by atoms with Gasteiger partial charge in [0.15, 0.2) is 11.5 Å². The molecule has 4 nitrogen and oxygen atoms in total. The summed E-state index contributed by atoms with van der Waals surface area (Å²) in [7, 11) is 0. The number of hydrogen-bond acceptors (Lipinski definition) is 4. The average Bonchev–Trinajstić information content (AvgIpc) is 3.28. The maximum atomic E-state index is 13.3. The standard InChI is InChI=1S/C25H23NO3S/c1-16-8-6-7-11-19(16)26-22(24-17(2)14-15-30-24)21(23(28)25(26)29)20(27)13-12-18-9-4-3-5-10-18/h3-11,14-15,22,28H,12-13H2,1-2H3. The van der Waals surface area contributed by atoms with Crippen molar-refractivity contribution in [1.82, 2.24) is 0 Å². The molecule has 1 atom stereocenters. The molecule has 30 heavy (non-hydrogen) atoms. The third kappa shape index (κ3) is 3.57. The van der Waals surface area contributed by atoms with Crippen LogP contribution < -0.4 is 4.90 Å². The zero-order valence-corrected chi connectivity index (χ0v) is 17.8. The van der Waals surface area contributed by atoms with Gasteiger partial charge < -0.3 is 5.11 Å². The molecule has 0 bridgehead atoms. The van der Waals surface area contributed by atoms with Crippen molar-refractivity contribution in [1.29, 1.82) is 0 Å². The van der Waals surface area contributed by atoms with Crippen LogP contribution in [0.1, 0.15) is 34.0 Å². The number of amides is 1. The molecule has 1 unspecified atom stereocenters. The zero-order valence-electron chi connectivity index (χ0n) is 17.0. The largest absolute Gasteiger partial charge is 0.503 e. The van der Waals surface area contributed by atoms with Crippen LogP contribution in [0.25, 0.3) is 0 Å². The molecule has 0 spiro atoms. The van der Waals surface area contributed by atoms with E-state index in [4.69, 9.17) is 0 Å². The normalized spacial score (nSPS) is 16.4. The molecule has 0 fully saturated rings. The van der Waals surface area contributed by atoms with E-state index in [0.29, 0.717) is 12.1 Å². The highest BCUT2D eigenvalue weighted by Gasteiger charge is 2.45. The fourth-order valence-corrected chi connectivity index (χ4v) is 4.95. The van der Waals surface area contributed by atoms with Gasteiger partial charge in [-0.3, -0.25) is 14.5 Å². The number of aliphatic hydroxyl groups excluding tert-OH is 1. The molecule has 1 aromatic heterocycles. The molecular weight excluding hydrogens is 394 g/mol. The number of thiophene rings is 1. The molecule has 152 valence electrons. The predicted molar refractivity (Wildman–Crippen MR) is 120 cm³/mol. The Morgan fingerprint density at radius 3 is 2.37 bits per heavy atom. The number of nitrogens with zero attached hydrogens (tertiary/aromatic N) is 1. The molecule has 0 radical (unpaired) electrons. The summed E-state index contributed by atoms with van der Waals surface area (Å²) < 4.78 is 0. The van der Waals surface area contributed by atoms with Crippen LogP contribution in [0.15, 0.2) is 77.4 Å². The average molecular weight is 418 g/mol. The van der Waals surface area contributed by atoms with Gasteiger partial charge in [-0.05, 0) is 54.5 Å². The number of anilines is 1. The Morgan fingerprint density at radius 2 is 1.70 bits per heavy atom. The highest BCUT2D eigenvalue weighted by atomic mass is 32.1. The number of rotatable bonds is 6. The zero-order chi connectivity index (χ0) is 21.3. The number of hydrogen-bond donors (Lipinski definition) is 1. The molecular formula is C25H23NO3S. The van der Waals surface area contributed by atoms with Crippen molar-refractivity contribution >= 4 is 28.7 Å². The highest BCUT2D eigenvalue weighted by Crippen LogP contribution is 2.44. The van der Waals surface area contributed by atoms with Gasteiger partial charge in [-0.15, -0.1) is 11.3 Å². The lowest BCUT2D eigenvalue weighted by Crippen LogP contribution is -2.31. The summed E-state index contributed by atoms with van der Waals surface area (Å²) in [6.45, 7) is 3.89. The molecule has 0 saturated carbocycles. The second-order valence-electron chi connectivity index (χ2n) is 7.50. The lowest BCUT2D eigenvalue weighted by Gasteiger charge is -2.27. The first-order valence-electron chi connectivity index (χ1n) is 9.92. The van der Waals surface area contributed by atoms with Crippen molar-refractivity contribution in [2.75, 3.05) is 4.90 Å². The fraction of sp³-hybridized carbons (Fsp3) is 0.200. The third-order valence-corrected chi connectivity index (χ3v) is 6.59. The van der Waals surface area contributed by atoms with Gasteiger partial charge in [-0.1, -0.05) is 48.5 Å². The fourth-order valence-electron chi connectivity index (χ4n) is 3.92. The molecule has 1 N–H and O–H groups in total. The lowest BCUT2D eigenvalue weighted by molar-refractivity contribution is -0.118. The van der Waals surface area contributed by atoms with Crippen LogP contribution in [0.3, 0.4) is 0 Å². The number of aryl methyl sites for hydroxylation is 3. The predicted octanol–water partition coefficient (Wildman–Crippen LogP) is 5.47. The van der Waals surface area contributed by atoms with E-state index in [1.807, 2.05) is 79.9 Å². The minimum Gasteiger partial charge on any atom is -0.503 e. The molecule has 4 rings (SSSR count). The molecule has 2 heterocycles. The summed E-state index contributed by atoms with van der Waals surface area (Å²) in [6.07, 6.45) is 0.796. The second kappa shape index (κ2) is 8.28. The number of Topliss-reactive ketones (excluding diaryl/α,β-unsaturated/α-hetero) is 1. The smallest absolute Gasteiger partial charge is 0.294 e. The van der Waals surface area contributed by atoms with Gasteiger partial charge in [0.2, 0.25) is 0 Å². The molecule has 1 aliphatic rings. The Hall–Kier alpha value is -3.18. The van der Waals surface area contributed by atoms with Crippen molar-refractivity contribution in [3.05, 3.63) is 98.9 Å². The summed E-state index contributed by atoms with van der Waals surface area (Å²) in [5, 5.41) is 12.7. The van der Waals surface area contributed by atoms with Crippen molar-refractivity contribution in [2.45, 2.75) is 32.7 Å². The summed E-state index contributed by atoms with van der Waals surface area (Å²) in [6, 6.07) is 18.7. The Bertz CT molecular complexity index is 1130. The Morgan fingerprint density at radius 1 is 1.00 bits per heavy atom. The van der Waals surface area contributed by atoms with E-state index < -0.39 is 17.7 Å². The van der Waals surface area contributed by atoms with Gasteiger partial charge >= 0.3 is 0 Å². The summed E-state index contributed by atoms with van der Waals surface area (Å²) in [4.78, 5) is 28.9. The minimum atomic E-state index is -0.609. The minimum absolute atomic E-state index is 0.196.